The Morgan fingerprint density at radius 2 is 1.94 bits per heavy atom. The van der Waals surface area contributed by atoms with E-state index in [0.29, 0.717) is 5.56 Å². The van der Waals surface area contributed by atoms with Gasteiger partial charge < -0.3 is 10.2 Å². The number of nitriles is 1. The van der Waals surface area contributed by atoms with Gasteiger partial charge in [-0.1, -0.05) is 11.3 Å². The van der Waals surface area contributed by atoms with Crippen LogP contribution in [0.4, 0.5) is 10.8 Å². The molecule has 2 atom stereocenters. The van der Waals surface area contributed by atoms with E-state index < -0.39 is 0 Å². The molecule has 0 radical (unpaired) electrons. The summed E-state index contributed by atoms with van der Waals surface area (Å²) in [5.74, 6) is 1.61. The highest BCUT2D eigenvalue weighted by atomic mass is 32.1. The van der Waals surface area contributed by atoms with Crippen molar-refractivity contribution in [1.82, 2.24) is 24.8 Å². The van der Waals surface area contributed by atoms with E-state index in [-0.39, 0.29) is 6.04 Å². The molecular weight excluding hydrogens is 444 g/mol. The minimum atomic E-state index is 0.250. The summed E-state index contributed by atoms with van der Waals surface area (Å²) in [5.41, 5.74) is 5.02. The van der Waals surface area contributed by atoms with Gasteiger partial charge in [0.05, 0.1) is 34.2 Å². The second kappa shape index (κ2) is 8.37. The number of anilines is 2. The molecule has 4 aromatic heterocycles. The van der Waals surface area contributed by atoms with Crippen molar-refractivity contribution in [3.8, 4) is 28.0 Å². The smallest absolute Gasteiger partial charge is 0.208 e. The maximum Gasteiger partial charge on any atom is 0.208 e. The number of hydrogen-bond acceptors (Lipinski definition) is 8. The summed E-state index contributed by atoms with van der Waals surface area (Å²) in [6.07, 6.45) is 7.53. The van der Waals surface area contributed by atoms with Gasteiger partial charge in [-0.25, -0.2) is 4.52 Å². The van der Waals surface area contributed by atoms with E-state index in [1.807, 2.05) is 28.9 Å². The van der Waals surface area contributed by atoms with Crippen molar-refractivity contribution in [3.05, 3.63) is 42.2 Å². The highest BCUT2D eigenvalue weighted by Crippen LogP contribution is 2.41. The lowest BCUT2D eigenvalue weighted by Gasteiger charge is -2.30. The first-order valence-corrected chi connectivity index (χ1v) is 12.6. The molecule has 1 aliphatic heterocycles. The van der Waals surface area contributed by atoms with Crippen LogP contribution in [0.3, 0.4) is 0 Å². The van der Waals surface area contributed by atoms with Crippen LogP contribution in [0.1, 0.15) is 38.7 Å². The number of nitrogens with zero attached hydrogens (tertiary/aromatic N) is 7. The van der Waals surface area contributed by atoms with E-state index >= 15 is 0 Å². The standard InChI is InChI=1S/C25H26N8S/c1-15(2)29-21-9-22(23-6-5-19-8-18(10-26)11-28-33(19)23)27-12-20(21)24-30-31-25(34-24)32-13-16-3-4-17(7-16)14-32/h5-6,8-9,11-12,15-17H,3-4,7,13-14H2,1-2H3,(H,27,29). The van der Waals surface area contributed by atoms with Gasteiger partial charge in [-0.15, -0.1) is 10.2 Å². The van der Waals surface area contributed by atoms with Gasteiger partial charge >= 0.3 is 0 Å². The minimum absolute atomic E-state index is 0.250. The van der Waals surface area contributed by atoms with Gasteiger partial charge in [-0.05, 0) is 69.2 Å². The number of aromatic nitrogens is 5. The third-order valence-electron chi connectivity index (χ3n) is 6.76. The first kappa shape index (κ1) is 21.1. The number of fused-ring (bicyclic) bond motifs is 3. The second-order valence-corrected chi connectivity index (χ2v) is 10.6. The molecule has 2 fully saturated rings. The van der Waals surface area contributed by atoms with E-state index in [2.05, 4.69) is 51.5 Å². The van der Waals surface area contributed by atoms with Crippen molar-refractivity contribution in [2.24, 2.45) is 11.8 Å². The van der Waals surface area contributed by atoms with Gasteiger partial charge in [-0.2, -0.15) is 10.4 Å². The zero-order chi connectivity index (χ0) is 23.2. The van der Waals surface area contributed by atoms with Gasteiger partial charge in [0, 0.05) is 31.0 Å². The van der Waals surface area contributed by atoms with Crippen molar-refractivity contribution in [2.45, 2.75) is 39.2 Å². The van der Waals surface area contributed by atoms with E-state index in [0.717, 1.165) is 63.2 Å². The first-order valence-electron chi connectivity index (χ1n) is 11.8. The molecule has 34 heavy (non-hydrogen) atoms. The Hall–Kier alpha value is -3.51. The van der Waals surface area contributed by atoms with Crippen LogP contribution in [0.25, 0.3) is 27.5 Å². The predicted molar refractivity (Wildman–Crippen MR) is 134 cm³/mol. The number of pyridine rings is 1. The summed E-state index contributed by atoms with van der Waals surface area (Å²) >= 11 is 1.65. The molecule has 0 spiro atoms. The topological polar surface area (TPSA) is 95.0 Å². The summed E-state index contributed by atoms with van der Waals surface area (Å²) in [4.78, 5) is 7.20. The highest BCUT2D eigenvalue weighted by Gasteiger charge is 2.34. The fraction of sp³-hybridized carbons (Fsp3) is 0.400. The molecule has 0 amide bonds. The lowest BCUT2D eigenvalue weighted by molar-refractivity contribution is 0.420. The normalized spacial score (nSPS) is 19.6. The quantitative estimate of drug-likeness (QED) is 0.446. The van der Waals surface area contributed by atoms with Gasteiger partial charge in [-0.3, -0.25) is 4.98 Å². The Morgan fingerprint density at radius 3 is 2.71 bits per heavy atom. The van der Waals surface area contributed by atoms with E-state index in [1.54, 1.807) is 17.5 Å². The molecule has 5 heterocycles. The Bertz CT molecular complexity index is 1390. The van der Waals surface area contributed by atoms with Crippen molar-refractivity contribution in [1.29, 1.82) is 5.26 Å². The Kier molecular flexibility index (Phi) is 5.18. The highest BCUT2D eigenvalue weighted by molar-refractivity contribution is 7.18. The third-order valence-corrected chi connectivity index (χ3v) is 7.78. The zero-order valence-electron chi connectivity index (χ0n) is 19.3. The van der Waals surface area contributed by atoms with Crippen molar-refractivity contribution in [2.75, 3.05) is 23.3 Å². The molecule has 1 saturated heterocycles. The first-order chi connectivity index (χ1) is 16.6. The summed E-state index contributed by atoms with van der Waals surface area (Å²) in [5, 5.41) is 28.2. The molecule has 6 rings (SSSR count). The fourth-order valence-corrected chi connectivity index (χ4v) is 6.15. The molecule has 2 aliphatic rings. The van der Waals surface area contributed by atoms with Crippen LogP contribution in [-0.4, -0.2) is 43.9 Å². The average molecular weight is 471 g/mol. The van der Waals surface area contributed by atoms with Gasteiger partial charge in [0.1, 0.15) is 6.07 Å². The predicted octanol–water partition coefficient (Wildman–Crippen LogP) is 4.84. The monoisotopic (exact) mass is 470 g/mol. The second-order valence-electron chi connectivity index (χ2n) is 9.67. The molecule has 2 unspecified atom stereocenters. The van der Waals surface area contributed by atoms with E-state index in [9.17, 15) is 0 Å². The molecule has 4 aromatic rings. The van der Waals surface area contributed by atoms with E-state index in [4.69, 9.17) is 10.2 Å². The maximum absolute atomic E-state index is 9.16. The molecule has 1 aliphatic carbocycles. The van der Waals surface area contributed by atoms with Crippen molar-refractivity contribution < 1.29 is 0 Å². The van der Waals surface area contributed by atoms with Crippen LogP contribution in [-0.2, 0) is 0 Å². The summed E-state index contributed by atoms with van der Waals surface area (Å²) in [6, 6.07) is 10.2. The van der Waals surface area contributed by atoms with Crippen LogP contribution < -0.4 is 10.2 Å². The lowest BCUT2D eigenvalue weighted by atomic mass is 9.99. The zero-order valence-corrected chi connectivity index (χ0v) is 20.1. The third kappa shape index (κ3) is 3.78. The molecule has 0 aromatic carbocycles. The van der Waals surface area contributed by atoms with Crippen LogP contribution in [0.5, 0.6) is 0 Å². The van der Waals surface area contributed by atoms with Gasteiger partial charge in [0.15, 0.2) is 5.01 Å². The maximum atomic E-state index is 9.16. The fourth-order valence-electron chi connectivity index (χ4n) is 5.27. The number of piperidine rings is 1. The molecule has 9 heteroatoms. The molecule has 1 saturated carbocycles. The van der Waals surface area contributed by atoms with Crippen LogP contribution >= 0.6 is 11.3 Å². The summed E-state index contributed by atoms with van der Waals surface area (Å²) in [7, 11) is 0. The summed E-state index contributed by atoms with van der Waals surface area (Å²) in [6.45, 7) is 6.44. The minimum Gasteiger partial charge on any atom is -0.382 e. The Balaban J connectivity index is 1.35. The molecule has 8 nitrogen and oxygen atoms in total. The van der Waals surface area contributed by atoms with Crippen molar-refractivity contribution >= 4 is 27.7 Å². The average Bonchev–Trinajstić information content (AvgIpc) is 3.56. The van der Waals surface area contributed by atoms with Crippen LogP contribution in [0, 0.1) is 23.2 Å². The van der Waals surface area contributed by atoms with Crippen LogP contribution in [0.2, 0.25) is 0 Å². The van der Waals surface area contributed by atoms with Crippen molar-refractivity contribution in [3.63, 3.8) is 0 Å². The molecular formula is C25H26N8S. The SMILES string of the molecule is CC(C)Nc1cc(-c2ccc3cc(C#N)cnn23)ncc1-c1nnc(N2CC3CCC(C3)C2)s1. The summed E-state index contributed by atoms with van der Waals surface area (Å²) < 4.78 is 1.82. The van der Waals surface area contributed by atoms with Gasteiger partial charge in [0.25, 0.3) is 0 Å². The number of nitrogens with one attached hydrogen (secondary N) is 1. The van der Waals surface area contributed by atoms with E-state index in [1.165, 1.54) is 19.3 Å². The molecule has 2 bridgehead atoms. The lowest BCUT2D eigenvalue weighted by Crippen LogP contribution is -2.36. The molecule has 172 valence electrons. The number of hydrogen-bond donors (Lipinski definition) is 1. The van der Waals surface area contributed by atoms with Gasteiger partial charge in [0.2, 0.25) is 5.13 Å². The largest absolute Gasteiger partial charge is 0.382 e. The van der Waals surface area contributed by atoms with Crippen LogP contribution in [0.15, 0.2) is 36.7 Å². The number of rotatable bonds is 5. The Morgan fingerprint density at radius 1 is 1.12 bits per heavy atom. The Labute approximate surface area is 202 Å². The molecule has 1 N–H and O–H groups in total.